The number of hydrogen-bond donors (Lipinski definition) is 2. The first-order chi connectivity index (χ1) is 10.6. The Kier molecular flexibility index (Phi) is 5.19. The summed E-state index contributed by atoms with van der Waals surface area (Å²) in [6, 6.07) is 8.67. The Morgan fingerprint density at radius 2 is 2.00 bits per heavy atom. The zero-order valence-electron chi connectivity index (χ0n) is 12.6. The van der Waals surface area contributed by atoms with E-state index in [1.165, 1.54) is 13.3 Å². The molecule has 1 amide bonds. The quantitative estimate of drug-likeness (QED) is 0.801. The van der Waals surface area contributed by atoms with Crippen LogP contribution in [0.15, 0.2) is 36.7 Å². The van der Waals surface area contributed by atoms with Gasteiger partial charge in [0.2, 0.25) is 0 Å². The molecule has 0 atom stereocenters. The first kappa shape index (κ1) is 15.6. The van der Waals surface area contributed by atoms with Crippen molar-refractivity contribution in [2.45, 2.75) is 20.3 Å². The molecule has 0 bridgehead atoms. The molecule has 6 nitrogen and oxygen atoms in total. The number of Topliss-reactive ketones (excluding diaryl/α,β-unsaturated/α-hetero) is 1. The summed E-state index contributed by atoms with van der Waals surface area (Å²) in [7, 11) is 0. The van der Waals surface area contributed by atoms with Crippen LogP contribution in [0.25, 0.3) is 0 Å². The molecule has 6 heteroatoms. The van der Waals surface area contributed by atoms with E-state index in [4.69, 9.17) is 0 Å². The average molecular weight is 298 g/mol. The van der Waals surface area contributed by atoms with E-state index >= 15 is 0 Å². The number of carbonyl (C=O) groups is 2. The van der Waals surface area contributed by atoms with Crippen molar-refractivity contribution in [2.75, 3.05) is 11.9 Å². The highest BCUT2D eigenvalue weighted by Gasteiger charge is 2.08. The molecule has 0 fully saturated rings. The molecular weight excluding hydrogens is 280 g/mol. The van der Waals surface area contributed by atoms with Crippen LogP contribution < -0.4 is 10.6 Å². The van der Waals surface area contributed by atoms with Gasteiger partial charge >= 0.3 is 0 Å². The number of hydrogen-bond acceptors (Lipinski definition) is 5. The Balaban J connectivity index is 2.15. The van der Waals surface area contributed by atoms with Gasteiger partial charge in [0.1, 0.15) is 17.8 Å². The van der Waals surface area contributed by atoms with Crippen LogP contribution in [0.4, 0.5) is 11.5 Å². The van der Waals surface area contributed by atoms with Gasteiger partial charge in [-0.25, -0.2) is 9.97 Å². The van der Waals surface area contributed by atoms with Crippen molar-refractivity contribution in [1.29, 1.82) is 0 Å². The van der Waals surface area contributed by atoms with Crippen LogP contribution in [0.2, 0.25) is 0 Å². The number of rotatable bonds is 6. The minimum absolute atomic E-state index is 0.00836. The van der Waals surface area contributed by atoms with E-state index in [2.05, 4.69) is 20.6 Å². The maximum absolute atomic E-state index is 11.9. The van der Waals surface area contributed by atoms with Crippen molar-refractivity contribution < 1.29 is 9.59 Å². The van der Waals surface area contributed by atoms with Crippen molar-refractivity contribution in [2.24, 2.45) is 0 Å². The van der Waals surface area contributed by atoms with Crippen molar-refractivity contribution >= 4 is 23.2 Å². The summed E-state index contributed by atoms with van der Waals surface area (Å²) in [5.74, 6) is 0.258. The standard InChI is InChI=1S/C16H18N4O2/c1-3-7-17-16(22)14-9-15(19-10-18-14)20-13-6-4-5-12(8-13)11(2)21/h4-6,8-10H,3,7H2,1-2H3,(H,17,22)(H,18,19,20). The smallest absolute Gasteiger partial charge is 0.270 e. The number of nitrogens with zero attached hydrogens (tertiary/aromatic N) is 2. The SMILES string of the molecule is CCCNC(=O)c1cc(Nc2cccc(C(C)=O)c2)ncn1. The molecule has 1 aromatic heterocycles. The molecule has 2 aromatic rings. The third-order valence-electron chi connectivity index (χ3n) is 2.98. The number of ketones is 1. The molecule has 0 saturated carbocycles. The maximum Gasteiger partial charge on any atom is 0.270 e. The van der Waals surface area contributed by atoms with Crippen LogP contribution in [0, 0.1) is 0 Å². The van der Waals surface area contributed by atoms with Gasteiger partial charge < -0.3 is 10.6 Å². The highest BCUT2D eigenvalue weighted by Crippen LogP contribution is 2.16. The van der Waals surface area contributed by atoms with Gasteiger partial charge in [-0.05, 0) is 25.5 Å². The fraction of sp³-hybridized carbons (Fsp3) is 0.250. The Morgan fingerprint density at radius 1 is 1.18 bits per heavy atom. The van der Waals surface area contributed by atoms with E-state index in [-0.39, 0.29) is 11.7 Å². The van der Waals surface area contributed by atoms with Crippen LogP contribution in [0.1, 0.15) is 41.1 Å². The molecule has 0 aliphatic rings. The van der Waals surface area contributed by atoms with Gasteiger partial charge in [0, 0.05) is 23.9 Å². The molecular formula is C16H18N4O2. The van der Waals surface area contributed by atoms with E-state index in [0.29, 0.717) is 23.6 Å². The van der Waals surface area contributed by atoms with Gasteiger partial charge in [0.05, 0.1) is 0 Å². The number of nitrogens with one attached hydrogen (secondary N) is 2. The predicted molar refractivity (Wildman–Crippen MR) is 84.4 cm³/mol. The Bertz CT molecular complexity index is 685. The zero-order valence-corrected chi connectivity index (χ0v) is 12.6. The summed E-state index contributed by atoms with van der Waals surface area (Å²) >= 11 is 0. The lowest BCUT2D eigenvalue weighted by atomic mass is 10.1. The first-order valence-electron chi connectivity index (χ1n) is 7.08. The summed E-state index contributed by atoms with van der Waals surface area (Å²) in [5.41, 5.74) is 1.64. The van der Waals surface area contributed by atoms with E-state index in [1.807, 2.05) is 13.0 Å². The van der Waals surface area contributed by atoms with Crippen LogP contribution in [0.3, 0.4) is 0 Å². The fourth-order valence-electron chi connectivity index (χ4n) is 1.84. The maximum atomic E-state index is 11.9. The summed E-state index contributed by atoms with van der Waals surface area (Å²) in [6.07, 6.45) is 2.19. The predicted octanol–water partition coefficient (Wildman–Crippen LogP) is 2.56. The van der Waals surface area contributed by atoms with E-state index < -0.39 is 0 Å². The summed E-state index contributed by atoms with van der Waals surface area (Å²) in [6.45, 7) is 4.10. The molecule has 0 spiro atoms. The Hall–Kier alpha value is -2.76. The third-order valence-corrected chi connectivity index (χ3v) is 2.98. The highest BCUT2D eigenvalue weighted by atomic mass is 16.1. The van der Waals surface area contributed by atoms with E-state index in [1.54, 1.807) is 24.3 Å². The first-order valence-corrected chi connectivity index (χ1v) is 7.08. The number of benzene rings is 1. The van der Waals surface area contributed by atoms with Crippen molar-refractivity contribution in [3.8, 4) is 0 Å². The lowest BCUT2D eigenvalue weighted by molar-refractivity contribution is 0.0947. The van der Waals surface area contributed by atoms with Crippen molar-refractivity contribution in [1.82, 2.24) is 15.3 Å². The van der Waals surface area contributed by atoms with Gasteiger partial charge in [0.25, 0.3) is 5.91 Å². The largest absolute Gasteiger partial charge is 0.351 e. The average Bonchev–Trinajstić information content (AvgIpc) is 2.53. The van der Waals surface area contributed by atoms with Gasteiger partial charge in [-0.1, -0.05) is 19.1 Å². The lowest BCUT2D eigenvalue weighted by Gasteiger charge is -2.08. The van der Waals surface area contributed by atoms with Crippen LogP contribution in [-0.4, -0.2) is 28.2 Å². The molecule has 2 N–H and O–H groups in total. The number of aromatic nitrogens is 2. The number of anilines is 2. The second-order valence-corrected chi connectivity index (χ2v) is 4.81. The Labute approximate surface area is 129 Å². The fourth-order valence-corrected chi connectivity index (χ4v) is 1.84. The summed E-state index contributed by atoms with van der Waals surface area (Å²) in [5, 5.41) is 5.83. The molecule has 0 unspecified atom stereocenters. The van der Waals surface area contributed by atoms with Gasteiger partial charge in [0.15, 0.2) is 5.78 Å². The number of amides is 1. The second-order valence-electron chi connectivity index (χ2n) is 4.81. The molecule has 0 radical (unpaired) electrons. The molecule has 0 aliphatic carbocycles. The van der Waals surface area contributed by atoms with Crippen LogP contribution in [0.5, 0.6) is 0 Å². The zero-order chi connectivity index (χ0) is 15.9. The highest BCUT2D eigenvalue weighted by molar-refractivity contribution is 5.95. The molecule has 1 heterocycles. The molecule has 1 aromatic carbocycles. The Morgan fingerprint density at radius 3 is 2.73 bits per heavy atom. The van der Waals surface area contributed by atoms with Crippen molar-refractivity contribution in [3.05, 3.63) is 47.9 Å². The summed E-state index contributed by atoms with van der Waals surface area (Å²) in [4.78, 5) is 31.3. The van der Waals surface area contributed by atoms with E-state index in [0.717, 1.165) is 12.1 Å². The minimum Gasteiger partial charge on any atom is -0.351 e. The van der Waals surface area contributed by atoms with Crippen LogP contribution in [-0.2, 0) is 0 Å². The summed E-state index contributed by atoms with van der Waals surface area (Å²) < 4.78 is 0. The topological polar surface area (TPSA) is 84.0 Å². The monoisotopic (exact) mass is 298 g/mol. The molecule has 0 aliphatic heterocycles. The minimum atomic E-state index is -0.232. The number of carbonyl (C=O) groups excluding carboxylic acids is 2. The normalized spacial score (nSPS) is 10.1. The molecule has 2 rings (SSSR count). The lowest BCUT2D eigenvalue weighted by Crippen LogP contribution is -2.25. The second kappa shape index (κ2) is 7.31. The molecule has 22 heavy (non-hydrogen) atoms. The third kappa shape index (κ3) is 4.12. The van der Waals surface area contributed by atoms with E-state index in [9.17, 15) is 9.59 Å². The van der Waals surface area contributed by atoms with Gasteiger partial charge in [-0.3, -0.25) is 9.59 Å². The molecule has 0 saturated heterocycles. The van der Waals surface area contributed by atoms with Crippen molar-refractivity contribution in [3.63, 3.8) is 0 Å². The van der Waals surface area contributed by atoms with Gasteiger partial charge in [-0.2, -0.15) is 0 Å². The van der Waals surface area contributed by atoms with Crippen LogP contribution >= 0.6 is 0 Å². The molecule has 114 valence electrons. The van der Waals surface area contributed by atoms with Gasteiger partial charge in [-0.15, -0.1) is 0 Å².